The molecule has 15 heavy (non-hydrogen) atoms. The Morgan fingerprint density at radius 1 is 1.47 bits per heavy atom. The first-order valence-corrected chi connectivity index (χ1v) is 4.96. The Kier molecular flexibility index (Phi) is 4.12. The van der Waals surface area contributed by atoms with Crippen LogP contribution in [0.3, 0.4) is 0 Å². The molecular weight excluding hydrogens is 192 g/mol. The fourth-order valence-corrected chi connectivity index (χ4v) is 1.34. The van der Waals surface area contributed by atoms with Crippen LogP contribution < -0.4 is 11.1 Å². The van der Waals surface area contributed by atoms with E-state index in [9.17, 15) is 4.79 Å². The molecule has 0 saturated heterocycles. The van der Waals surface area contributed by atoms with Crippen LogP contribution in [0.25, 0.3) is 0 Å². The maximum absolute atomic E-state index is 11.2. The normalized spacial score (nSPS) is 12.3. The van der Waals surface area contributed by atoms with Gasteiger partial charge in [0.15, 0.2) is 0 Å². The molecule has 0 bridgehead atoms. The zero-order valence-electron chi connectivity index (χ0n) is 8.73. The maximum Gasteiger partial charge on any atom is 0.239 e. The van der Waals surface area contributed by atoms with Crippen molar-refractivity contribution in [2.45, 2.75) is 19.4 Å². The van der Waals surface area contributed by atoms with E-state index in [1.807, 2.05) is 6.92 Å². The van der Waals surface area contributed by atoms with Crippen LogP contribution >= 0.6 is 0 Å². The van der Waals surface area contributed by atoms with Crippen molar-refractivity contribution in [1.29, 1.82) is 0 Å². The predicted octanol–water partition coefficient (Wildman–Crippen LogP) is 0.918. The summed E-state index contributed by atoms with van der Waals surface area (Å²) in [5, 5.41) is 12.2. The lowest BCUT2D eigenvalue weighted by molar-refractivity contribution is -0.120. The van der Waals surface area contributed by atoms with E-state index in [-0.39, 0.29) is 5.75 Å². The van der Waals surface area contributed by atoms with Crippen molar-refractivity contribution in [3.05, 3.63) is 29.8 Å². The molecule has 1 aromatic rings. The number of phenolic OH excluding ortho intramolecular Hbond substituents is 1. The van der Waals surface area contributed by atoms with Crippen molar-refractivity contribution < 1.29 is 9.90 Å². The predicted molar refractivity (Wildman–Crippen MR) is 58.3 cm³/mol. The van der Waals surface area contributed by atoms with Crippen molar-refractivity contribution >= 4 is 5.91 Å². The third-order valence-electron chi connectivity index (χ3n) is 2.11. The van der Waals surface area contributed by atoms with E-state index in [1.54, 1.807) is 24.3 Å². The lowest BCUT2D eigenvalue weighted by Gasteiger charge is -2.15. The van der Waals surface area contributed by atoms with E-state index in [2.05, 4.69) is 5.32 Å². The van der Waals surface area contributed by atoms with Gasteiger partial charge in [0.2, 0.25) is 5.91 Å². The third-order valence-corrected chi connectivity index (χ3v) is 2.11. The Morgan fingerprint density at radius 3 is 2.53 bits per heavy atom. The van der Waals surface area contributed by atoms with Crippen molar-refractivity contribution in [2.24, 2.45) is 5.73 Å². The van der Waals surface area contributed by atoms with Gasteiger partial charge >= 0.3 is 0 Å². The van der Waals surface area contributed by atoms with Crippen LogP contribution in [0, 0.1) is 0 Å². The van der Waals surface area contributed by atoms with Gasteiger partial charge in [-0.05, 0) is 30.7 Å². The Bertz CT molecular complexity index is 322. The summed E-state index contributed by atoms with van der Waals surface area (Å²) in [5.41, 5.74) is 6.06. The van der Waals surface area contributed by atoms with Gasteiger partial charge in [-0.2, -0.15) is 0 Å². The molecule has 4 heteroatoms. The van der Waals surface area contributed by atoms with Gasteiger partial charge in [-0.1, -0.05) is 19.1 Å². The molecule has 0 aliphatic heterocycles. The van der Waals surface area contributed by atoms with Crippen molar-refractivity contribution in [2.75, 3.05) is 6.54 Å². The van der Waals surface area contributed by atoms with Gasteiger partial charge < -0.3 is 16.2 Å². The quantitative estimate of drug-likeness (QED) is 0.673. The first-order valence-electron chi connectivity index (χ1n) is 4.96. The summed E-state index contributed by atoms with van der Waals surface area (Å²) >= 11 is 0. The molecule has 4 N–H and O–H groups in total. The lowest BCUT2D eigenvalue weighted by atomic mass is 10.1. The molecule has 0 heterocycles. The molecule has 1 unspecified atom stereocenters. The Labute approximate surface area is 89.1 Å². The van der Waals surface area contributed by atoms with Gasteiger partial charge in [0.05, 0.1) is 0 Å². The molecule has 0 spiro atoms. The number of primary amides is 1. The largest absolute Gasteiger partial charge is 0.508 e. The molecule has 0 fully saturated rings. The first-order chi connectivity index (χ1) is 7.15. The molecule has 1 rings (SSSR count). The monoisotopic (exact) mass is 208 g/mol. The molecule has 0 aliphatic carbocycles. The third kappa shape index (κ3) is 3.25. The van der Waals surface area contributed by atoms with Gasteiger partial charge in [-0.3, -0.25) is 4.79 Å². The van der Waals surface area contributed by atoms with Gasteiger partial charge in [-0.25, -0.2) is 0 Å². The number of nitrogens with two attached hydrogens (primary N) is 1. The van der Waals surface area contributed by atoms with E-state index in [0.29, 0.717) is 0 Å². The van der Waals surface area contributed by atoms with Gasteiger partial charge in [0.1, 0.15) is 11.8 Å². The number of aromatic hydroxyl groups is 1. The number of amides is 1. The maximum atomic E-state index is 11.2. The summed E-state index contributed by atoms with van der Waals surface area (Å²) in [6, 6.07) is 5.98. The van der Waals surface area contributed by atoms with Gasteiger partial charge in [0, 0.05) is 0 Å². The number of hydrogen-bond donors (Lipinski definition) is 3. The highest BCUT2D eigenvalue weighted by Crippen LogP contribution is 2.16. The van der Waals surface area contributed by atoms with Crippen molar-refractivity contribution in [3.8, 4) is 5.75 Å². The number of carbonyl (C=O) groups is 1. The Balaban J connectivity index is 2.79. The number of rotatable bonds is 5. The zero-order valence-corrected chi connectivity index (χ0v) is 8.73. The number of nitrogens with one attached hydrogen (secondary N) is 1. The molecule has 0 radical (unpaired) electrons. The second-order valence-corrected chi connectivity index (χ2v) is 3.38. The summed E-state index contributed by atoms with van der Waals surface area (Å²) < 4.78 is 0. The van der Waals surface area contributed by atoms with E-state index in [1.165, 1.54) is 0 Å². The number of carbonyl (C=O) groups excluding carboxylic acids is 1. The average Bonchev–Trinajstić information content (AvgIpc) is 2.21. The summed E-state index contributed by atoms with van der Waals surface area (Å²) in [6.07, 6.45) is 0.932. The molecule has 0 aliphatic rings. The highest BCUT2D eigenvalue weighted by atomic mass is 16.3. The van der Waals surface area contributed by atoms with Crippen LogP contribution in [0.2, 0.25) is 0 Å². The minimum Gasteiger partial charge on any atom is -0.508 e. The van der Waals surface area contributed by atoms with Crippen LogP contribution in [-0.2, 0) is 4.79 Å². The van der Waals surface area contributed by atoms with E-state index in [4.69, 9.17) is 10.8 Å². The molecule has 4 nitrogen and oxygen atoms in total. The van der Waals surface area contributed by atoms with E-state index in [0.717, 1.165) is 18.5 Å². The summed E-state index contributed by atoms with van der Waals surface area (Å²) in [4.78, 5) is 11.2. The Morgan fingerprint density at radius 2 is 2.07 bits per heavy atom. The Hall–Kier alpha value is -1.55. The fraction of sp³-hybridized carbons (Fsp3) is 0.364. The molecule has 1 amide bonds. The summed E-state index contributed by atoms with van der Waals surface area (Å²) in [6.45, 7) is 2.75. The van der Waals surface area contributed by atoms with Crippen molar-refractivity contribution in [1.82, 2.24) is 5.32 Å². The van der Waals surface area contributed by atoms with Crippen LogP contribution in [0.5, 0.6) is 5.75 Å². The van der Waals surface area contributed by atoms with Crippen LogP contribution in [0.4, 0.5) is 0 Å². The first kappa shape index (κ1) is 11.5. The highest BCUT2D eigenvalue weighted by molar-refractivity contribution is 5.81. The van der Waals surface area contributed by atoms with Crippen LogP contribution in [0.15, 0.2) is 24.3 Å². The zero-order chi connectivity index (χ0) is 11.3. The molecular formula is C11H16N2O2. The summed E-state index contributed by atoms with van der Waals surface area (Å²) in [5.74, 6) is -0.230. The van der Waals surface area contributed by atoms with Gasteiger partial charge in [-0.15, -0.1) is 0 Å². The highest BCUT2D eigenvalue weighted by Gasteiger charge is 2.15. The molecule has 0 aromatic heterocycles. The number of benzene rings is 1. The topological polar surface area (TPSA) is 75.3 Å². The second-order valence-electron chi connectivity index (χ2n) is 3.38. The molecule has 82 valence electrons. The lowest BCUT2D eigenvalue weighted by Crippen LogP contribution is -2.33. The molecule has 1 aromatic carbocycles. The molecule has 0 saturated carbocycles. The summed E-state index contributed by atoms with van der Waals surface area (Å²) in [7, 11) is 0. The van der Waals surface area contributed by atoms with E-state index < -0.39 is 11.9 Å². The smallest absolute Gasteiger partial charge is 0.239 e. The van der Waals surface area contributed by atoms with Gasteiger partial charge in [0.25, 0.3) is 0 Å². The van der Waals surface area contributed by atoms with Crippen LogP contribution in [0.1, 0.15) is 24.9 Å². The molecule has 1 atom stereocenters. The number of hydrogen-bond acceptors (Lipinski definition) is 3. The average molecular weight is 208 g/mol. The van der Waals surface area contributed by atoms with Crippen molar-refractivity contribution in [3.63, 3.8) is 0 Å². The van der Waals surface area contributed by atoms with E-state index >= 15 is 0 Å². The SMILES string of the molecule is CCCNC(C(N)=O)c1ccc(O)cc1. The minimum absolute atomic E-state index is 0.178. The van der Waals surface area contributed by atoms with Crippen LogP contribution in [-0.4, -0.2) is 17.6 Å². The standard InChI is InChI=1S/C11H16N2O2/c1-2-7-13-10(11(12)15)8-3-5-9(14)6-4-8/h3-6,10,13-14H,2,7H2,1H3,(H2,12,15). The second kappa shape index (κ2) is 5.36. The fourth-order valence-electron chi connectivity index (χ4n) is 1.34. The minimum atomic E-state index is -0.481. The number of phenols is 1.